The lowest BCUT2D eigenvalue weighted by molar-refractivity contribution is -0.136. The molecule has 0 unspecified atom stereocenters. The zero-order valence-corrected chi connectivity index (χ0v) is 22.1. The van der Waals surface area contributed by atoms with Crippen LogP contribution in [0, 0.1) is 0 Å². The summed E-state index contributed by atoms with van der Waals surface area (Å²) in [5.74, 6) is 0.193. The molecule has 0 aliphatic rings. The molecule has 0 amide bonds. The maximum absolute atomic E-state index is 13.8. The van der Waals surface area contributed by atoms with Crippen molar-refractivity contribution in [3.63, 3.8) is 0 Å². The molecule has 5 aromatic rings. The molecule has 0 fully saturated rings. The van der Waals surface area contributed by atoms with Gasteiger partial charge in [0.1, 0.15) is 11.3 Å². The van der Waals surface area contributed by atoms with Crippen molar-refractivity contribution >= 4 is 22.6 Å². The van der Waals surface area contributed by atoms with E-state index in [1.54, 1.807) is 16.8 Å². The van der Waals surface area contributed by atoms with Crippen LogP contribution in [0.5, 0.6) is 5.75 Å². The van der Waals surface area contributed by atoms with Gasteiger partial charge in [-0.3, -0.25) is 9.48 Å². The van der Waals surface area contributed by atoms with E-state index in [1.165, 1.54) is 13.0 Å². The molecule has 0 atom stereocenters. The molecule has 0 spiro atoms. The fourth-order valence-electron chi connectivity index (χ4n) is 4.93. The number of esters is 1. The Labute approximate surface area is 230 Å². The molecule has 4 aromatic carbocycles. The Morgan fingerprint density at radius 2 is 1.65 bits per heavy atom. The number of ether oxygens (including phenoxy) is 1. The lowest BCUT2D eigenvalue weighted by atomic mass is 10.0. The Morgan fingerprint density at radius 3 is 2.33 bits per heavy atom. The van der Waals surface area contributed by atoms with Crippen molar-refractivity contribution in [2.75, 3.05) is 5.32 Å². The van der Waals surface area contributed by atoms with Crippen LogP contribution in [-0.2, 0) is 30.5 Å². The van der Waals surface area contributed by atoms with Crippen molar-refractivity contribution in [2.24, 2.45) is 0 Å². The number of alkyl halides is 3. The number of benzene rings is 4. The standard InChI is InChI=1S/C32H28F3N3O2/c1-3-26-24(11-7-14-29(26)40-21(2)39)19-36-25-17-15-23(16-18-25)31-27-12-8-13-28(32(33,34)35)30(27)37-38(31)20-22-9-5-4-6-10-22/h4-18,36H,3,19-20H2,1-2H3. The number of hydrogen-bond donors (Lipinski definition) is 1. The van der Waals surface area contributed by atoms with Gasteiger partial charge in [-0.15, -0.1) is 0 Å². The molecule has 8 heteroatoms. The number of halogens is 3. The third-order valence-corrected chi connectivity index (χ3v) is 6.73. The molecule has 0 saturated heterocycles. The van der Waals surface area contributed by atoms with Crippen LogP contribution >= 0.6 is 0 Å². The monoisotopic (exact) mass is 543 g/mol. The van der Waals surface area contributed by atoms with Gasteiger partial charge >= 0.3 is 12.1 Å². The molecule has 0 saturated carbocycles. The predicted molar refractivity (Wildman–Crippen MR) is 150 cm³/mol. The normalized spacial score (nSPS) is 11.5. The number of hydrogen-bond acceptors (Lipinski definition) is 4. The highest BCUT2D eigenvalue weighted by Crippen LogP contribution is 2.38. The molecule has 5 rings (SSSR count). The summed E-state index contributed by atoms with van der Waals surface area (Å²) in [4.78, 5) is 11.5. The van der Waals surface area contributed by atoms with Crippen molar-refractivity contribution in [1.29, 1.82) is 0 Å². The lowest BCUT2D eigenvalue weighted by Gasteiger charge is -2.14. The molecular weight excluding hydrogens is 515 g/mol. The number of anilines is 1. The Morgan fingerprint density at radius 1 is 0.925 bits per heavy atom. The highest BCUT2D eigenvalue weighted by molar-refractivity contribution is 5.95. The van der Waals surface area contributed by atoms with Gasteiger partial charge in [0.2, 0.25) is 0 Å². The summed E-state index contributed by atoms with van der Waals surface area (Å²) in [6, 6.07) is 26.9. The summed E-state index contributed by atoms with van der Waals surface area (Å²) >= 11 is 0. The molecule has 1 heterocycles. The molecule has 204 valence electrons. The molecular formula is C32H28F3N3O2. The van der Waals surface area contributed by atoms with E-state index in [0.717, 1.165) is 34.0 Å². The lowest BCUT2D eigenvalue weighted by Crippen LogP contribution is -2.08. The van der Waals surface area contributed by atoms with Gasteiger partial charge in [0, 0.05) is 30.1 Å². The average molecular weight is 544 g/mol. The fraction of sp³-hybridized carbons (Fsp3) is 0.188. The highest BCUT2D eigenvalue weighted by Gasteiger charge is 2.34. The zero-order chi connectivity index (χ0) is 28.3. The number of aromatic nitrogens is 2. The molecule has 5 nitrogen and oxygen atoms in total. The summed E-state index contributed by atoms with van der Waals surface area (Å²) in [7, 11) is 0. The van der Waals surface area contributed by atoms with Crippen molar-refractivity contribution in [3.8, 4) is 17.0 Å². The number of rotatable bonds is 8. The van der Waals surface area contributed by atoms with Gasteiger partial charge in [-0.05, 0) is 47.4 Å². The minimum atomic E-state index is -4.51. The summed E-state index contributed by atoms with van der Waals surface area (Å²) in [5, 5.41) is 8.29. The molecule has 1 N–H and O–H groups in total. The number of fused-ring (bicyclic) bond motifs is 1. The molecule has 0 radical (unpaired) electrons. The van der Waals surface area contributed by atoms with Crippen LogP contribution < -0.4 is 10.1 Å². The van der Waals surface area contributed by atoms with E-state index in [1.807, 2.05) is 73.7 Å². The number of carbonyl (C=O) groups is 1. The Bertz CT molecular complexity index is 1640. The van der Waals surface area contributed by atoms with Crippen LogP contribution in [0.15, 0.2) is 91.0 Å². The second-order valence-corrected chi connectivity index (χ2v) is 9.46. The van der Waals surface area contributed by atoms with E-state index < -0.39 is 11.7 Å². The topological polar surface area (TPSA) is 56.1 Å². The van der Waals surface area contributed by atoms with Crippen LogP contribution in [0.1, 0.15) is 36.1 Å². The zero-order valence-electron chi connectivity index (χ0n) is 22.1. The van der Waals surface area contributed by atoms with Crippen molar-refractivity contribution in [3.05, 3.63) is 113 Å². The fourth-order valence-corrected chi connectivity index (χ4v) is 4.93. The second kappa shape index (κ2) is 11.3. The van der Waals surface area contributed by atoms with Crippen molar-refractivity contribution in [1.82, 2.24) is 9.78 Å². The summed E-state index contributed by atoms with van der Waals surface area (Å²) in [5.41, 5.74) is 4.31. The van der Waals surface area contributed by atoms with Gasteiger partial charge in [-0.2, -0.15) is 18.3 Å². The van der Waals surface area contributed by atoms with Crippen molar-refractivity contribution in [2.45, 2.75) is 39.5 Å². The van der Waals surface area contributed by atoms with Gasteiger partial charge in [-0.25, -0.2) is 0 Å². The third kappa shape index (κ3) is 5.71. The van der Waals surface area contributed by atoms with E-state index in [-0.39, 0.29) is 11.5 Å². The van der Waals surface area contributed by atoms with Crippen LogP contribution in [0.3, 0.4) is 0 Å². The quantitative estimate of drug-likeness (QED) is 0.160. The number of nitrogens with one attached hydrogen (secondary N) is 1. The Balaban J connectivity index is 1.47. The molecule has 0 aliphatic heterocycles. The summed E-state index contributed by atoms with van der Waals surface area (Å²) in [6.45, 7) is 4.24. The first kappa shape index (κ1) is 27.0. The van der Waals surface area contributed by atoms with Crippen LogP contribution in [-0.4, -0.2) is 15.7 Å². The first-order valence-corrected chi connectivity index (χ1v) is 13.0. The van der Waals surface area contributed by atoms with E-state index in [4.69, 9.17) is 4.74 Å². The van der Waals surface area contributed by atoms with Gasteiger partial charge in [-0.1, -0.05) is 73.7 Å². The molecule has 1 aromatic heterocycles. The van der Waals surface area contributed by atoms with E-state index in [2.05, 4.69) is 10.4 Å². The van der Waals surface area contributed by atoms with Gasteiger partial charge in [0.25, 0.3) is 0 Å². The highest BCUT2D eigenvalue weighted by atomic mass is 19.4. The predicted octanol–water partition coefficient (Wildman–Crippen LogP) is 7.87. The Hall–Kier alpha value is -4.59. The SMILES string of the molecule is CCc1c(CNc2ccc(-c3c4cccc(C(F)(F)F)c4nn3Cc3ccccc3)cc2)cccc1OC(C)=O. The van der Waals surface area contributed by atoms with Gasteiger partial charge in [0.05, 0.1) is 17.8 Å². The van der Waals surface area contributed by atoms with Crippen LogP contribution in [0.2, 0.25) is 0 Å². The van der Waals surface area contributed by atoms with Crippen LogP contribution in [0.25, 0.3) is 22.2 Å². The number of carbonyl (C=O) groups excluding carboxylic acids is 1. The largest absolute Gasteiger partial charge is 0.426 e. The van der Waals surface area contributed by atoms with E-state index in [0.29, 0.717) is 36.3 Å². The molecule has 0 aliphatic carbocycles. The third-order valence-electron chi connectivity index (χ3n) is 6.73. The summed E-state index contributed by atoms with van der Waals surface area (Å²) < 4.78 is 48.5. The Kier molecular flexibility index (Phi) is 7.60. The van der Waals surface area contributed by atoms with E-state index in [9.17, 15) is 18.0 Å². The van der Waals surface area contributed by atoms with Crippen LogP contribution in [0.4, 0.5) is 18.9 Å². The van der Waals surface area contributed by atoms with Gasteiger partial charge < -0.3 is 10.1 Å². The minimum absolute atomic E-state index is 0.0668. The summed E-state index contributed by atoms with van der Waals surface area (Å²) in [6.07, 6.45) is -3.81. The maximum atomic E-state index is 13.8. The smallest absolute Gasteiger partial charge is 0.418 e. The maximum Gasteiger partial charge on any atom is 0.418 e. The first-order chi connectivity index (χ1) is 19.2. The number of nitrogens with zero attached hydrogens (tertiary/aromatic N) is 2. The molecule has 40 heavy (non-hydrogen) atoms. The average Bonchev–Trinajstić information content (AvgIpc) is 3.29. The minimum Gasteiger partial charge on any atom is -0.426 e. The molecule has 0 bridgehead atoms. The van der Waals surface area contributed by atoms with Crippen molar-refractivity contribution < 1.29 is 22.7 Å². The second-order valence-electron chi connectivity index (χ2n) is 9.46. The van der Waals surface area contributed by atoms with Gasteiger partial charge in [0.15, 0.2) is 0 Å². The van der Waals surface area contributed by atoms with E-state index >= 15 is 0 Å². The first-order valence-electron chi connectivity index (χ1n) is 13.0.